The molecule has 0 spiro atoms. The highest BCUT2D eigenvalue weighted by Crippen LogP contribution is 2.38. The number of anilines is 1. The van der Waals surface area contributed by atoms with Gasteiger partial charge in [-0.3, -0.25) is 4.98 Å². The maximum absolute atomic E-state index is 13.8. The van der Waals surface area contributed by atoms with Crippen molar-refractivity contribution in [1.82, 2.24) is 19.6 Å². The van der Waals surface area contributed by atoms with E-state index in [1.165, 1.54) is 16.9 Å². The molecule has 1 fully saturated rings. The van der Waals surface area contributed by atoms with E-state index in [-0.39, 0.29) is 11.3 Å². The van der Waals surface area contributed by atoms with Crippen LogP contribution in [0.1, 0.15) is 11.4 Å². The molecular weight excluding hydrogens is 387 g/mol. The zero-order valence-corrected chi connectivity index (χ0v) is 15.8. The van der Waals surface area contributed by atoms with Gasteiger partial charge in [0.1, 0.15) is 5.69 Å². The Hall–Kier alpha value is -2.72. The summed E-state index contributed by atoms with van der Waals surface area (Å²) in [7, 11) is 1.58. The van der Waals surface area contributed by atoms with Crippen LogP contribution in [0.15, 0.2) is 30.6 Å². The van der Waals surface area contributed by atoms with Crippen molar-refractivity contribution in [1.29, 1.82) is 0 Å². The van der Waals surface area contributed by atoms with E-state index in [9.17, 15) is 13.2 Å². The highest BCUT2D eigenvalue weighted by Gasteiger charge is 2.39. The number of halogens is 3. The van der Waals surface area contributed by atoms with Crippen molar-refractivity contribution in [3.05, 3.63) is 42.0 Å². The van der Waals surface area contributed by atoms with Crippen molar-refractivity contribution in [3.8, 4) is 11.3 Å². The first-order chi connectivity index (χ1) is 14.0. The minimum absolute atomic E-state index is 0.117. The number of ether oxygens (including phenoxy) is 2. The molecule has 4 heterocycles. The van der Waals surface area contributed by atoms with Gasteiger partial charge in [-0.25, -0.2) is 9.50 Å². The number of imidazole rings is 1. The summed E-state index contributed by atoms with van der Waals surface area (Å²) in [5, 5.41) is 4.17. The first kappa shape index (κ1) is 19.6. The van der Waals surface area contributed by atoms with Gasteiger partial charge in [0.25, 0.3) is 0 Å². The Balaban J connectivity index is 1.83. The lowest BCUT2D eigenvalue weighted by Crippen LogP contribution is -2.36. The summed E-state index contributed by atoms with van der Waals surface area (Å²) in [4.78, 5) is 10.2. The summed E-state index contributed by atoms with van der Waals surface area (Å²) in [5.74, 6) is 0. The summed E-state index contributed by atoms with van der Waals surface area (Å²) in [6, 6.07) is 4.99. The van der Waals surface area contributed by atoms with Crippen LogP contribution in [-0.4, -0.2) is 59.6 Å². The summed E-state index contributed by atoms with van der Waals surface area (Å²) in [6.07, 6.45) is -1.13. The minimum Gasteiger partial charge on any atom is -0.384 e. The van der Waals surface area contributed by atoms with E-state index in [2.05, 4.69) is 15.1 Å². The van der Waals surface area contributed by atoms with Gasteiger partial charge in [-0.2, -0.15) is 18.3 Å². The van der Waals surface area contributed by atoms with E-state index in [1.54, 1.807) is 25.3 Å². The highest BCUT2D eigenvalue weighted by atomic mass is 19.4. The predicted molar refractivity (Wildman–Crippen MR) is 99.8 cm³/mol. The predicted octanol–water partition coefficient (Wildman–Crippen LogP) is 2.84. The van der Waals surface area contributed by atoms with Crippen molar-refractivity contribution in [2.75, 3.05) is 44.9 Å². The molecule has 0 aromatic carbocycles. The van der Waals surface area contributed by atoms with Crippen LogP contribution < -0.4 is 4.90 Å². The number of pyridine rings is 1. The fourth-order valence-electron chi connectivity index (χ4n) is 3.36. The average Bonchev–Trinajstić information content (AvgIpc) is 3.13. The number of nitrogens with zero attached hydrogens (tertiary/aromatic N) is 5. The van der Waals surface area contributed by atoms with Gasteiger partial charge in [0, 0.05) is 44.1 Å². The van der Waals surface area contributed by atoms with Crippen LogP contribution in [0.5, 0.6) is 0 Å². The molecule has 7 nitrogen and oxygen atoms in total. The molecule has 3 aromatic rings. The Morgan fingerprint density at radius 3 is 2.62 bits per heavy atom. The molecule has 3 aromatic heterocycles. The Kier molecular flexibility index (Phi) is 5.37. The molecule has 29 heavy (non-hydrogen) atoms. The van der Waals surface area contributed by atoms with E-state index in [4.69, 9.17) is 9.47 Å². The van der Waals surface area contributed by atoms with Crippen LogP contribution >= 0.6 is 0 Å². The van der Waals surface area contributed by atoms with Gasteiger partial charge in [-0.1, -0.05) is 0 Å². The topological polar surface area (TPSA) is 64.8 Å². The summed E-state index contributed by atoms with van der Waals surface area (Å²) >= 11 is 0. The number of fused-ring (bicyclic) bond motifs is 1. The van der Waals surface area contributed by atoms with Crippen molar-refractivity contribution >= 4 is 11.3 Å². The number of hydrogen-bond acceptors (Lipinski definition) is 6. The first-order valence-corrected chi connectivity index (χ1v) is 9.21. The lowest BCUT2D eigenvalue weighted by Gasteiger charge is -2.28. The van der Waals surface area contributed by atoms with Crippen LogP contribution in [0.4, 0.5) is 18.9 Å². The number of morpholine rings is 1. The zero-order chi connectivity index (χ0) is 20.4. The van der Waals surface area contributed by atoms with Crippen LogP contribution in [-0.2, 0) is 22.1 Å². The summed E-state index contributed by atoms with van der Waals surface area (Å²) in [6.45, 7) is 2.68. The minimum atomic E-state index is -4.62. The SMILES string of the molecule is COCCc1ccc(-c2c(C(F)(F)F)nc3c(N4CCOCC4)ccnn23)cn1. The van der Waals surface area contributed by atoms with E-state index in [1.807, 2.05) is 4.90 Å². The smallest absolute Gasteiger partial charge is 0.384 e. The summed E-state index contributed by atoms with van der Waals surface area (Å²) < 4.78 is 53.1. The molecule has 10 heteroatoms. The number of hydrogen-bond donors (Lipinski definition) is 0. The summed E-state index contributed by atoms with van der Waals surface area (Å²) in [5.41, 5.74) is 0.716. The van der Waals surface area contributed by atoms with E-state index in [0.29, 0.717) is 50.6 Å². The molecule has 1 saturated heterocycles. The second-order valence-corrected chi connectivity index (χ2v) is 6.64. The van der Waals surface area contributed by atoms with E-state index >= 15 is 0 Å². The highest BCUT2D eigenvalue weighted by molar-refractivity contribution is 5.75. The largest absolute Gasteiger partial charge is 0.435 e. The molecule has 0 unspecified atom stereocenters. The van der Waals surface area contributed by atoms with Gasteiger partial charge in [0.15, 0.2) is 11.3 Å². The molecule has 0 amide bonds. The second-order valence-electron chi connectivity index (χ2n) is 6.64. The van der Waals surface area contributed by atoms with Crippen LogP contribution in [0.2, 0.25) is 0 Å². The third-order valence-corrected chi connectivity index (χ3v) is 4.78. The molecule has 1 aliphatic heterocycles. The first-order valence-electron chi connectivity index (χ1n) is 9.21. The number of rotatable bonds is 5. The van der Waals surface area contributed by atoms with Crippen molar-refractivity contribution in [2.45, 2.75) is 12.6 Å². The van der Waals surface area contributed by atoms with Crippen molar-refractivity contribution < 1.29 is 22.6 Å². The standard InChI is InChI=1S/C19H20F3N5O2/c1-28-9-5-14-3-2-13(12-23-14)16-17(19(20,21)22)25-18-15(4-6-24-27(16)18)26-7-10-29-11-8-26/h2-4,6,12H,5,7-11H2,1H3. The Morgan fingerprint density at radius 1 is 1.17 bits per heavy atom. The molecule has 1 aliphatic rings. The molecular formula is C19H20F3N5O2. The Bertz CT molecular complexity index is 982. The third kappa shape index (κ3) is 3.90. The molecule has 0 atom stereocenters. The van der Waals surface area contributed by atoms with Gasteiger partial charge in [-0.05, 0) is 18.2 Å². The third-order valence-electron chi connectivity index (χ3n) is 4.78. The van der Waals surface area contributed by atoms with E-state index < -0.39 is 11.9 Å². The lowest BCUT2D eigenvalue weighted by atomic mass is 10.1. The van der Waals surface area contributed by atoms with Crippen LogP contribution in [0, 0.1) is 0 Å². The molecule has 154 valence electrons. The Labute approximate surface area is 165 Å². The second kappa shape index (κ2) is 7.96. The average molecular weight is 407 g/mol. The van der Waals surface area contributed by atoms with Gasteiger partial charge in [-0.15, -0.1) is 0 Å². The molecule has 0 N–H and O–H groups in total. The number of aromatic nitrogens is 4. The van der Waals surface area contributed by atoms with Gasteiger partial charge in [0.2, 0.25) is 0 Å². The molecule has 0 saturated carbocycles. The van der Waals surface area contributed by atoms with E-state index in [0.717, 1.165) is 5.69 Å². The fourth-order valence-corrected chi connectivity index (χ4v) is 3.36. The number of methoxy groups -OCH3 is 1. The monoisotopic (exact) mass is 407 g/mol. The van der Waals surface area contributed by atoms with Gasteiger partial charge < -0.3 is 14.4 Å². The fraction of sp³-hybridized carbons (Fsp3) is 0.421. The molecule has 0 aliphatic carbocycles. The zero-order valence-electron chi connectivity index (χ0n) is 15.8. The Morgan fingerprint density at radius 2 is 1.97 bits per heavy atom. The maximum Gasteiger partial charge on any atom is 0.435 e. The van der Waals surface area contributed by atoms with Gasteiger partial charge >= 0.3 is 6.18 Å². The van der Waals surface area contributed by atoms with Gasteiger partial charge in [0.05, 0.1) is 31.7 Å². The van der Waals surface area contributed by atoms with Crippen LogP contribution in [0.25, 0.3) is 16.9 Å². The normalized spacial score (nSPS) is 15.2. The molecule has 0 radical (unpaired) electrons. The maximum atomic E-state index is 13.8. The van der Waals surface area contributed by atoms with Crippen molar-refractivity contribution in [2.24, 2.45) is 0 Å². The molecule has 4 rings (SSSR count). The lowest BCUT2D eigenvalue weighted by molar-refractivity contribution is -0.140. The molecule has 0 bridgehead atoms. The van der Waals surface area contributed by atoms with Crippen LogP contribution in [0.3, 0.4) is 0 Å². The quantitative estimate of drug-likeness (QED) is 0.648. The van der Waals surface area contributed by atoms with Crippen molar-refractivity contribution in [3.63, 3.8) is 0 Å². The number of alkyl halides is 3.